The van der Waals surface area contributed by atoms with Gasteiger partial charge in [-0.1, -0.05) is 6.92 Å². The van der Waals surface area contributed by atoms with Crippen LogP contribution in [0.2, 0.25) is 0 Å². The highest BCUT2D eigenvalue weighted by Gasteiger charge is 2.20. The summed E-state index contributed by atoms with van der Waals surface area (Å²) in [6, 6.07) is 1.74. The summed E-state index contributed by atoms with van der Waals surface area (Å²) >= 11 is 1.52. The molecule has 7 heteroatoms. The van der Waals surface area contributed by atoms with Gasteiger partial charge in [-0.2, -0.15) is 0 Å². The Kier molecular flexibility index (Phi) is 5.74. The second-order valence-electron chi connectivity index (χ2n) is 4.30. The first kappa shape index (κ1) is 15.6. The maximum atomic E-state index is 12.0. The number of nitrogens with zero attached hydrogens (tertiary/aromatic N) is 1. The molecule has 0 spiro atoms. The number of hydrogen-bond donors (Lipinski definition) is 2. The van der Waals surface area contributed by atoms with Gasteiger partial charge in [0.25, 0.3) is 10.0 Å². The molecule has 1 rings (SSSR count). The van der Waals surface area contributed by atoms with Gasteiger partial charge in [0, 0.05) is 30.4 Å². The lowest BCUT2D eigenvalue weighted by Gasteiger charge is -2.11. The minimum atomic E-state index is -3.44. The number of hydrazine groups is 1. The Morgan fingerprint density at radius 1 is 1.39 bits per heavy atom. The third-order valence-corrected chi connectivity index (χ3v) is 5.03. The molecule has 1 heterocycles. The molecular weight excluding hydrogens is 270 g/mol. The second-order valence-corrected chi connectivity index (χ2v) is 7.27. The average molecular weight is 291 g/mol. The molecule has 0 atom stereocenters. The van der Waals surface area contributed by atoms with E-state index in [4.69, 9.17) is 0 Å². The first-order valence-electron chi connectivity index (χ1n) is 5.86. The molecule has 0 aromatic carbocycles. The van der Waals surface area contributed by atoms with Gasteiger partial charge in [-0.3, -0.25) is 0 Å². The van der Waals surface area contributed by atoms with E-state index in [1.807, 2.05) is 6.92 Å². The lowest BCUT2D eigenvalue weighted by Crippen LogP contribution is -2.36. The Morgan fingerprint density at radius 3 is 2.61 bits per heavy atom. The van der Waals surface area contributed by atoms with Gasteiger partial charge in [-0.25, -0.2) is 13.4 Å². The fourth-order valence-corrected chi connectivity index (χ4v) is 4.24. The molecule has 0 fully saturated rings. The Bertz CT molecular complexity index is 480. The van der Waals surface area contributed by atoms with E-state index in [9.17, 15) is 8.42 Å². The molecule has 0 radical (unpaired) electrons. The third kappa shape index (κ3) is 4.33. The summed E-state index contributed by atoms with van der Waals surface area (Å²) < 4.78 is 24.1. The van der Waals surface area contributed by atoms with Crippen LogP contribution in [0.4, 0.5) is 0 Å². The standard InChI is InChI=1S/C11H21N3O2S2/c1-5-6-12-8-10-7-11(9(2)17-10)18(15,16)13-14(3)4/h7,12-13H,5-6,8H2,1-4H3. The average Bonchev–Trinajstić information content (AvgIpc) is 2.59. The SMILES string of the molecule is CCCNCc1cc(S(=O)(=O)NN(C)C)c(C)s1. The van der Waals surface area contributed by atoms with Gasteiger partial charge >= 0.3 is 0 Å². The molecule has 1 aromatic rings. The minimum Gasteiger partial charge on any atom is -0.312 e. The lowest BCUT2D eigenvalue weighted by molar-refractivity contribution is 0.364. The van der Waals surface area contributed by atoms with E-state index in [0.717, 1.165) is 29.3 Å². The number of rotatable bonds is 7. The zero-order valence-corrected chi connectivity index (χ0v) is 12.9. The van der Waals surface area contributed by atoms with Gasteiger partial charge in [-0.15, -0.1) is 16.2 Å². The lowest BCUT2D eigenvalue weighted by atomic mass is 10.4. The molecule has 1 aromatic heterocycles. The summed E-state index contributed by atoms with van der Waals surface area (Å²) in [5.41, 5.74) is 0. The van der Waals surface area contributed by atoms with Crippen molar-refractivity contribution in [3.05, 3.63) is 15.8 Å². The van der Waals surface area contributed by atoms with E-state index in [1.165, 1.54) is 16.3 Å². The van der Waals surface area contributed by atoms with Gasteiger partial charge < -0.3 is 5.32 Å². The molecule has 0 aliphatic heterocycles. The van der Waals surface area contributed by atoms with Crippen molar-refractivity contribution in [3.63, 3.8) is 0 Å². The van der Waals surface area contributed by atoms with Crippen LogP contribution in [0, 0.1) is 6.92 Å². The van der Waals surface area contributed by atoms with Crippen LogP contribution in [0.1, 0.15) is 23.1 Å². The quantitative estimate of drug-likeness (QED) is 0.587. The van der Waals surface area contributed by atoms with Crippen molar-refractivity contribution >= 4 is 21.4 Å². The fourth-order valence-electron chi connectivity index (χ4n) is 1.56. The van der Waals surface area contributed by atoms with Gasteiger partial charge in [0.2, 0.25) is 0 Å². The van der Waals surface area contributed by atoms with Crippen molar-refractivity contribution in [3.8, 4) is 0 Å². The molecule has 2 N–H and O–H groups in total. The number of nitrogens with one attached hydrogen (secondary N) is 2. The number of hydrogen-bond acceptors (Lipinski definition) is 5. The summed E-state index contributed by atoms with van der Waals surface area (Å²) in [6.45, 7) is 5.59. The van der Waals surface area contributed by atoms with E-state index in [1.54, 1.807) is 20.2 Å². The van der Waals surface area contributed by atoms with E-state index in [0.29, 0.717) is 4.90 Å². The van der Waals surface area contributed by atoms with E-state index in [-0.39, 0.29) is 0 Å². The van der Waals surface area contributed by atoms with Crippen molar-refractivity contribution in [2.75, 3.05) is 20.6 Å². The van der Waals surface area contributed by atoms with Gasteiger partial charge in [0.15, 0.2) is 0 Å². The maximum Gasteiger partial charge on any atom is 0.254 e. The van der Waals surface area contributed by atoms with E-state index < -0.39 is 10.0 Å². The van der Waals surface area contributed by atoms with Crippen LogP contribution < -0.4 is 10.1 Å². The molecule has 0 saturated heterocycles. The molecule has 0 unspecified atom stereocenters. The Balaban J connectivity index is 2.84. The van der Waals surface area contributed by atoms with Crippen LogP contribution in [0.3, 0.4) is 0 Å². The Hall–Kier alpha value is -0.470. The van der Waals surface area contributed by atoms with E-state index in [2.05, 4.69) is 17.1 Å². The van der Waals surface area contributed by atoms with Crippen molar-refractivity contribution < 1.29 is 8.42 Å². The van der Waals surface area contributed by atoms with Gasteiger partial charge in [0.05, 0.1) is 4.90 Å². The Morgan fingerprint density at radius 2 is 2.06 bits per heavy atom. The predicted molar refractivity (Wildman–Crippen MR) is 75.1 cm³/mol. The number of aryl methyl sites for hydroxylation is 1. The third-order valence-electron chi connectivity index (χ3n) is 2.24. The van der Waals surface area contributed by atoms with Crippen LogP contribution >= 0.6 is 11.3 Å². The largest absolute Gasteiger partial charge is 0.312 e. The summed E-state index contributed by atoms with van der Waals surface area (Å²) in [4.78, 5) is 4.68. The summed E-state index contributed by atoms with van der Waals surface area (Å²) in [6.07, 6.45) is 1.07. The highest BCUT2D eigenvalue weighted by atomic mass is 32.2. The topological polar surface area (TPSA) is 61.4 Å². The smallest absolute Gasteiger partial charge is 0.254 e. The summed E-state index contributed by atoms with van der Waals surface area (Å²) in [5.74, 6) is 0. The first-order chi connectivity index (χ1) is 8.36. The second kappa shape index (κ2) is 6.63. The van der Waals surface area contributed by atoms with Crippen molar-refractivity contribution in [2.45, 2.75) is 31.7 Å². The molecule has 0 amide bonds. The van der Waals surface area contributed by atoms with Gasteiger partial charge in [-0.05, 0) is 26.0 Å². The molecule has 5 nitrogen and oxygen atoms in total. The zero-order valence-electron chi connectivity index (χ0n) is 11.3. The zero-order chi connectivity index (χ0) is 13.8. The monoisotopic (exact) mass is 291 g/mol. The molecular formula is C11H21N3O2S2. The van der Waals surface area contributed by atoms with Crippen LogP contribution in [0.5, 0.6) is 0 Å². The normalized spacial score (nSPS) is 12.3. The van der Waals surface area contributed by atoms with Crippen LogP contribution in [0.25, 0.3) is 0 Å². The van der Waals surface area contributed by atoms with Crippen LogP contribution in [-0.2, 0) is 16.6 Å². The number of thiophene rings is 1. The van der Waals surface area contributed by atoms with Crippen LogP contribution in [0.15, 0.2) is 11.0 Å². The molecule has 0 aliphatic carbocycles. The summed E-state index contributed by atoms with van der Waals surface area (Å²) in [5, 5.41) is 4.70. The van der Waals surface area contributed by atoms with E-state index >= 15 is 0 Å². The predicted octanol–water partition coefficient (Wildman–Crippen LogP) is 1.31. The minimum absolute atomic E-state index is 0.370. The fraction of sp³-hybridized carbons (Fsp3) is 0.636. The summed E-state index contributed by atoms with van der Waals surface area (Å²) in [7, 11) is -0.130. The molecule has 18 heavy (non-hydrogen) atoms. The van der Waals surface area contributed by atoms with Crippen molar-refractivity contribution in [2.24, 2.45) is 0 Å². The first-order valence-corrected chi connectivity index (χ1v) is 8.16. The number of sulfonamides is 1. The molecule has 0 saturated carbocycles. The molecule has 104 valence electrons. The Labute approximate surface area is 113 Å². The van der Waals surface area contributed by atoms with Crippen LogP contribution in [-0.4, -0.2) is 34.1 Å². The van der Waals surface area contributed by atoms with Gasteiger partial charge in [0.1, 0.15) is 0 Å². The van der Waals surface area contributed by atoms with Crippen molar-refractivity contribution in [1.29, 1.82) is 0 Å². The highest BCUT2D eigenvalue weighted by Crippen LogP contribution is 2.25. The molecule has 0 aliphatic rings. The maximum absolute atomic E-state index is 12.0. The molecule has 0 bridgehead atoms. The van der Waals surface area contributed by atoms with Crippen molar-refractivity contribution in [1.82, 2.24) is 15.2 Å². The highest BCUT2D eigenvalue weighted by molar-refractivity contribution is 7.89.